The zero-order chi connectivity index (χ0) is 14.4. The maximum absolute atomic E-state index is 15.9. The predicted octanol–water partition coefficient (Wildman–Crippen LogP) is 4.09. The van der Waals surface area contributed by atoms with Crippen molar-refractivity contribution in [3.63, 3.8) is 0 Å². The summed E-state index contributed by atoms with van der Waals surface area (Å²) in [5.41, 5.74) is 0.884. The lowest BCUT2D eigenvalue weighted by Gasteiger charge is -2.35. The van der Waals surface area contributed by atoms with Crippen molar-refractivity contribution in [3.05, 3.63) is 71.5 Å². The van der Waals surface area contributed by atoms with E-state index >= 15 is 4.39 Å². The van der Waals surface area contributed by atoms with Gasteiger partial charge in [-0.2, -0.15) is 0 Å². The molecule has 2 aromatic carbocycles. The highest BCUT2D eigenvalue weighted by atomic mass is 19.1. The first kappa shape index (κ1) is 12.6. The minimum absolute atomic E-state index is 0.309. The largest absolute Gasteiger partial charge is 0.457 e. The second-order valence-electron chi connectivity index (χ2n) is 5.78. The van der Waals surface area contributed by atoms with Crippen LogP contribution >= 0.6 is 0 Å². The van der Waals surface area contributed by atoms with Crippen LogP contribution in [-0.2, 0) is 12.2 Å². The summed E-state index contributed by atoms with van der Waals surface area (Å²) < 4.78 is 21.7. The zero-order valence-corrected chi connectivity index (χ0v) is 11.8. The Morgan fingerprint density at radius 1 is 1.10 bits per heavy atom. The molecule has 0 saturated heterocycles. The molecule has 3 heteroatoms. The number of benzene rings is 2. The highest BCUT2D eigenvalue weighted by Gasteiger charge is 2.43. The number of fused-ring (bicyclic) bond motifs is 2. The van der Waals surface area contributed by atoms with Crippen molar-refractivity contribution in [3.8, 4) is 0 Å². The molecule has 2 heterocycles. The molecule has 2 nitrogen and oxygen atoms in total. The third kappa shape index (κ3) is 1.88. The van der Waals surface area contributed by atoms with Crippen molar-refractivity contribution in [2.24, 2.45) is 0 Å². The standard InChI is InChI=1S/C18H16FNO/c1-20-11-14-7-2-4-8-15(14)18(19,12-20)17-10-13-6-3-5-9-16(13)21-17/h2-10H,11-12H2,1H3. The lowest BCUT2D eigenvalue weighted by Crippen LogP contribution is -2.41. The fourth-order valence-electron chi connectivity index (χ4n) is 3.24. The van der Waals surface area contributed by atoms with Crippen molar-refractivity contribution in [2.45, 2.75) is 12.2 Å². The number of furan rings is 1. The van der Waals surface area contributed by atoms with Gasteiger partial charge < -0.3 is 4.42 Å². The van der Waals surface area contributed by atoms with Crippen molar-refractivity contribution in [1.82, 2.24) is 4.90 Å². The molecule has 0 N–H and O–H groups in total. The Kier molecular flexibility index (Phi) is 2.66. The van der Waals surface area contributed by atoms with E-state index in [-0.39, 0.29) is 0 Å². The first-order valence-corrected chi connectivity index (χ1v) is 7.12. The van der Waals surface area contributed by atoms with Gasteiger partial charge >= 0.3 is 0 Å². The smallest absolute Gasteiger partial charge is 0.205 e. The van der Waals surface area contributed by atoms with E-state index in [4.69, 9.17) is 4.42 Å². The quantitative estimate of drug-likeness (QED) is 0.668. The van der Waals surface area contributed by atoms with Crippen LogP contribution in [0.1, 0.15) is 16.9 Å². The molecule has 1 unspecified atom stereocenters. The SMILES string of the molecule is CN1Cc2ccccc2C(F)(c2cc3ccccc3o2)C1. The van der Waals surface area contributed by atoms with Crippen molar-refractivity contribution < 1.29 is 8.81 Å². The fraction of sp³-hybridized carbons (Fsp3) is 0.222. The van der Waals surface area contributed by atoms with Crippen LogP contribution < -0.4 is 0 Å². The van der Waals surface area contributed by atoms with Crippen molar-refractivity contribution in [2.75, 3.05) is 13.6 Å². The number of para-hydroxylation sites is 1. The number of halogens is 1. The van der Waals surface area contributed by atoms with E-state index in [0.717, 1.165) is 28.6 Å². The molecule has 0 radical (unpaired) electrons. The van der Waals surface area contributed by atoms with Crippen LogP contribution in [0.5, 0.6) is 0 Å². The van der Waals surface area contributed by atoms with Crippen LogP contribution in [0, 0.1) is 0 Å². The van der Waals surface area contributed by atoms with Gasteiger partial charge in [-0.3, -0.25) is 4.90 Å². The summed E-state index contributed by atoms with van der Waals surface area (Å²) in [4.78, 5) is 2.00. The third-order valence-electron chi connectivity index (χ3n) is 4.19. The van der Waals surface area contributed by atoms with Gasteiger partial charge in [-0.25, -0.2) is 4.39 Å². The van der Waals surface area contributed by atoms with E-state index in [1.54, 1.807) is 0 Å². The van der Waals surface area contributed by atoms with Crippen LogP contribution in [-0.4, -0.2) is 18.5 Å². The number of hydrogen-bond acceptors (Lipinski definition) is 2. The summed E-state index contributed by atoms with van der Waals surface area (Å²) >= 11 is 0. The van der Waals surface area contributed by atoms with E-state index in [1.165, 1.54) is 0 Å². The molecule has 1 atom stereocenters. The fourth-order valence-corrected chi connectivity index (χ4v) is 3.24. The molecule has 1 aromatic heterocycles. The predicted molar refractivity (Wildman–Crippen MR) is 80.9 cm³/mol. The van der Waals surface area contributed by atoms with Crippen molar-refractivity contribution in [1.29, 1.82) is 0 Å². The van der Waals surface area contributed by atoms with Gasteiger partial charge in [0.25, 0.3) is 0 Å². The van der Waals surface area contributed by atoms with Crippen LogP contribution in [0.2, 0.25) is 0 Å². The Morgan fingerprint density at radius 2 is 1.86 bits per heavy atom. The maximum atomic E-state index is 15.9. The molecule has 1 aliphatic rings. The monoisotopic (exact) mass is 281 g/mol. The van der Waals surface area contributed by atoms with Crippen LogP contribution in [0.3, 0.4) is 0 Å². The molecule has 0 bridgehead atoms. The zero-order valence-electron chi connectivity index (χ0n) is 11.8. The molecule has 0 fully saturated rings. The molecule has 0 spiro atoms. The van der Waals surface area contributed by atoms with Gasteiger partial charge in [-0.15, -0.1) is 0 Å². The summed E-state index contributed by atoms with van der Waals surface area (Å²) in [5.74, 6) is 0.391. The average molecular weight is 281 g/mol. The summed E-state index contributed by atoms with van der Waals surface area (Å²) in [5, 5.41) is 0.940. The van der Waals surface area contributed by atoms with Gasteiger partial charge in [-0.05, 0) is 24.7 Å². The molecule has 0 aliphatic carbocycles. The molecular weight excluding hydrogens is 265 g/mol. The average Bonchev–Trinajstić information content (AvgIpc) is 2.91. The Hall–Kier alpha value is -2.13. The number of hydrogen-bond donors (Lipinski definition) is 0. The Balaban J connectivity index is 1.93. The molecule has 0 saturated carbocycles. The molecular formula is C18H16FNO. The van der Waals surface area contributed by atoms with Crippen LogP contribution in [0.15, 0.2) is 59.0 Å². The van der Waals surface area contributed by atoms with Gasteiger partial charge in [0, 0.05) is 24.0 Å². The van der Waals surface area contributed by atoms with Crippen LogP contribution in [0.25, 0.3) is 11.0 Å². The number of alkyl halides is 1. The van der Waals surface area contributed by atoms with Gasteiger partial charge in [0.2, 0.25) is 5.67 Å². The van der Waals surface area contributed by atoms with E-state index < -0.39 is 5.67 Å². The molecule has 0 amide bonds. The first-order valence-electron chi connectivity index (χ1n) is 7.12. The molecule has 106 valence electrons. The lowest BCUT2D eigenvalue weighted by molar-refractivity contribution is 0.100. The maximum Gasteiger partial charge on any atom is 0.205 e. The van der Waals surface area contributed by atoms with Crippen LogP contribution in [0.4, 0.5) is 4.39 Å². The molecule has 1 aliphatic heterocycles. The van der Waals surface area contributed by atoms with Gasteiger partial charge in [-0.1, -0.05) is 42.5 Å². The molecule has 4 rings (SSSR count). The van der Waals surface area contributed by atoms with E-state index in [0.29, 0.717) is 12.3 Å². The summed E-state index contributed by atoms with van der Waals surface area (Å²) in [7, 11) is 1.94. The highest BCUT2D eigenvalue weighted by Crippen LogP contribution is 2.42. The Morgan fingerprint density at radius 3 is 2.71 bits per heavy atom. The number of nitrogens with zero attached hydrogens (tertiary/aromatic N) is 1. The van der Waals surface area contributed by atoms with Gasteiger partial charge in [0.05, 0.1) is 0 Å². The van der Waals surface area contributed by atoms with Gasteiger partial charge in [0.1, 0.15) is 11.3 Å². The number of rotatable bonds is 1. The summed E-state index contributed by atoms with van der Waals surface area (Å²) in [6, 6.07) is 17.2. The van der Waals surface area contributed by atoms with Crippen molar-refractivity contribution >= 4 is 11.0 Å². The first-order chi connectivity index (χ1) is 10.2. The second-order valence-corrected chi connectivity index (χ2v) is 5.78. The number of likely N-dealkylation sites (N-methyl/N-ethyl adjacent to an activating group) is 1. The lowest BCUT2D eigenvalue weighted by atomic mass is 9.85. The highest BCUT2D eigenvalue weighted by molar-refractivity contribution is 5.78. The molecule has 21 heavy (non-hydrogen) atoms. The minimum Gasteiger partial charge on any atom is -0.457 e. The van der Waals surface area contributed by atoms with E-state index in [9.17, 15) is 0 Å². The van der Waals surface area contributed by atoms with E-state index in [2.05, 4.69) is 0 Å². The van der Waals surface area contributed by atoms with Gasteiger partial charge in [0.15, 0.2) is 0 Å². The normalized spacial score (nSPS) is 22.4. The summed E-state index contributed by atoms with van der Waals surface area (Å²) in [6.07, 6.45) is 0. The Bertz CT molecular complexity index is 777. The molecule has 3 aromatic rings. The Labute approximate surface area is 122 Å². The second kappa shape index (κ2) is 4.43. The third-order valence-corrected chi connectivity index (χ3v) is 4.19. The summed E-state index contributed by atoms with van der Waals surface area (Å²) in [6.45, 7) is 1.08. The topological polar surface area (TPSA) is 16.4 Å². The van der Waals surface area contributed by atoms with E-state index in [1.807, 2.05) is 66.5 Å². The minimum atomic E-state index is -1.59.